The molecule has 5 rings (SSSR count). The van der Waals surface area contributed by atoms with Gasteiger partial charge in [-0.1, -0.05) is 30.3 Å². The molecule has 164 valence electrons. The van der Waals surface area contributed by atoms with Crippen LogP contribution in [-0.2, 0) is 17.9 Å². The molecule has 0 saturated carbocycles. The first-order valence-electron chi connectivity index (χ1n) is 10.4. The van der Waals surface area contributed by atoms with Crippen LogP contribution < -0.4 is 4.74 Å². The largest absolute Gasteiger partial charge is 0.488 e. The summed E-state index contributed by atoms with van der Waals surface area (Å²) in [6.07, 6.45) is 3.77. The van der Waals surface area contributed by atoms with Gasteiger partial charge in [-0.25, -0.2) is 14.6 Å². The average Bonchev–Trinajstić information content (AvgIpc) is 3.17. The maximum absolute atomic E-state index is 11.8. The van der Waals surface area contributed by atoms with Crippen LogP contribution in [0.25, 0.3) is 16.6 Å². The Bertz CT molecular complexity index is 1430. The van der Waals surface area contributed by atoms with Gasteiger partial charge in [-0.05, 0) is 53.1 Å². The first-order chi connectivity index (χ1) is 16.0. The Labute approximate surface area is 189 Å². The molecule has 4 aromatic rings. The number of hydrogen-bond acceptors (Lipinski definition) is 5. The third-order valence-electron chi connectivity index (χ3n) is 5.74. The lowest BCUT2D eigenvalue weighted by molar-refractivity contribution is 0.0600. The van der Waals surface area contributed by atoms with Gasteiger partial charge in [0, 0.05) is 12.1 Å². The third kappa shape index (κ3) is 3.74. The lowest BCUT2D eigenvalue weighted by Crippen LogP contribution is -2.01. The molecule has 7 heteroatoms. The molecule has 33 heavy (non-hydrogen) atoms. The smallest absolute Gasteiger partial charge is 0.337 e. The average molecular weight is 440 g/mol. The van der Waals surface area contributed by atoms with Crippen molar-refractivity contribution in [3.8, 4) is 5.75 Å². The van der Waals surface area contributed by atoms with E-state index in [1.807, 2.05) is 41.0 Å². The highest BCUT2D eigenvalue weighted by Crippen LogP contribution is 2.37. The van der Waals surface area contributed by atoms with Crippen molar-refractivity contribution in [2.45, 2.75) is 13.2 Å². The molecule has 1 N–H and O–H groups in total. The van der Waals surface area contributed by atoms with Gasteiger partial charge in [0.2, 0.25) is 0 Å². The Hall–Kier alpha value is -4.39. The molecule has 0 aliphatic carbocycles. The van der Waals surface area contributed by atoms with Crippen molar-refractivity contribution in [3.05, 3.63) is 101 Å². The molecule has 1 aromatic heterocycles. The molecule has 0 radical (unpaired) electrons. The van der Waals surface area contributed by atoms with Gasteiger partial charge in [0.25, 0.3) is 0 Å². The summed E-state index contributed by atoms with van der Waals surface area (Å²) in [6, 6.07) is 18.1. The van der Waals surface area contributed by atoms with Gasteiger partial charge < -0.3 is 19.1 Å². The lowest BCUT2D eigenvalue weighted by atomic mass is 9.93. The highest BCUT2D eigenvalue weighted by molar-refractivity contribution is 5.94. The van der Waals surface area contributed by atoms with Crippen LogP contribution in [0, 0.1) is 0 Å². The molecule has 0 bridgehead atoms. The highest BCUT2D eigenvalue weighted by atomic mass is 16.5. The number of esters is 1. The van der Waals surface area contributed by atoms with E-state index in [0.717, 1.165) is 27.8 Å². The summed E-state index contributed by atoms with van der Waals surface area (Å²) in [5, 5.41) is 9.51. The van der Waals surface area contributed by atoms with Crippen molar-refractivity contribution in [3.63, 3.8) is 0 Å². The van der Waals surface area contributed by atoms with Crippen LogP contribution in [-0.4, -0.2) is 33.7 Å². The monoisotopic (exact) mass is 440 g/mol. The topological polar surface area (TPSA) is 90.6 Å². The molecule has 1 aliphatic rings. The van der Waals surface area contributed by atoms with Crippen LogP contribution in [0.15, 0.2) is 73.1 Å². The molecular weight excluding hydrogens is 420 g/mol. The van der Waals surface area contributed by atoms with Crippen molar-refractivity contribution < 1.29 is 24.2 Å². The number of imidazole rings is 1. The van der Waals surface area contributed by atoms with Crippen LogP contribution in [0.4, 0.5) is 0 Å². The lowest BCUT2D eigenvalue weighted by Gasteiger charge is -2.12. The predicted molar refractivity (Wildman–Crippen MR) is 122 cm³/mol. The summed E-state index contributed by atoms with van der Waals surface area (Å²) in [7, 11) is 1.35. The molecule has 0 saturated heterocycles. The minimum atomic E-state index is -0.989. The molecule has 0 amide bonds. The second-order valence-electron chi connectivity index (χ2n) is 7.67. The number of carboxylic acid groups (broad SMARTS) is 1. The number of allylic oxidation sites excluding steroid dienone is 1. The second kappa shape index (κ2) is 8.27. The first kappa shape index (κ1) is 20.5. The summed E-state index contributed by atoms with van der Waals surface area (Å²) in [5.74, 6) is -0.758. The second-order valence-corrected chi connectivity index (χ2v) is 7.67. The number of hydrogen-bond donors (Lipinski definition) is 1. The number of ether oxygens (including phenoxy) is 2. The number of rotatable bonds is 4. The van der Waals surface area contributed by atoms with Crippen LogP contribution >= 0.6 is 0 Å². The van der Waals surface area contributed by atoms with Crippen molar-refractivity contribution in [1.29, 1.82) is 0 Å². The molecule has 0 spiro atoms. The number of carbonyl (C=O) groups excluding carboxylic acids is 1. The number of methoxy groups -OCH3 is 1. The Morgan fingerprint density at radius 2 is 1.91 bits per heavy atom. The fraction of sp³-hybridized carbons (Fsp3) is 0.115. The van der Waals surface area contributed by atoms with Crippen LogP contribution in [0.5, 0.6) is 5.75 Å². The molecule has 7 nitrogen and oxygen atoms in total. The standard InChI is InChI=1S/C26H20N2O5/c1-32-26(31)17-6-8-23-22(13-17)27-15-28(23)11-10-20-19-5-3-2-4-18(19)14-33-24-9-7-16(25(29)30)12-21(20)24/h2-10,12-13,15H,11,14H2,1H3,(H,29,30). The molecule has 2 heterocycles. The molecule has 0 unspecified atom stereocenters. The van der Waals surface area contributed by atoms with Crippen molar-refractivity contribution in [2.24, 2.45) is 0 Å². The van der Waals surface area contributed by atoms with Gasteiger partial charge in [-0.3, -0.25) is 0 Å². The maximum Gasteiger partial charge on any atom is 0.337 e. The minimum absolute atomic E-state index is 0.200. The third-order valence-corrected chi connectivity index (χ3v) is 5.74. The van der Waals surface area contributed by atoms with E-state index in [-0.39, 0.29) is 5.56 Å². The number of carbonyl (C=O) groups is 2. The highest BCUT2D eigenvalue weighted by Gasteiger charge is 2.20. The number of nitrogens with zero attached hydrogens (tertiary/aromatic N) is 2. The van der Waals surface area contributed by atoms with Crippen LogP contribution in [0.3, 0.4) is 0 Å². The molecule has 3 aromatic carbocycles. The van der Waals surface area contributed by atoms with E-state index in [9.17, 15) is 14.7 Å². The first-order valence-corrected chi connectivity index (χ1v) is 10.4. The number of fused-ring (bicyclic) bond motifs is 3. The Kier molecular flexibility index (Phi) is 5.14. The molecular formula is C26H20N2O5. The van der Waals surface area contributed by atoms with E-state index in [2.05, 4.69) is 4.98 Å². The van der Waals surface area contributed by atoms with Gasteiger partial charge in [0.1, 0.15) is 12.4 Å². The number of carboxylic acids is 1. The van der Waals surface area contributed by atoms with E-state index in [1.165, 1.54) is 7.11 Å². The van der Waals surface area contributed by atoms with E-state index < -0.39 is 11.9 Å². The fourth-order valence-electron chi connectivity index (χ4n) is 4.07. The zero-order valence-electron chi connectivity index (χ0n) is 17.8. The SMILES string of the molecule is COC(=O)c1ccc2c(c1)ncn2CC=C1c2ccccc2COc2ccc(C(=O)O)cc21. The number of aromatic nitrogens is 2. The summed E-state index contributed by atoms with van der Waals surface area (Å²) in [4.78, 5) is 27.9. The normalized spacial score (nSPS) is 13.7. The van der Waals surface area contributed by atoms with Crippen molar-refractivity contribution in [2.75, 3.05) is 7.11 Å². The summed E-state index contributed by atoms with van der Waals surface area (Å²) in [5.41, 5.74) is 5.86. The van der Waals surface area contributed by atoms with E-state index >= 15 is 0 Å². The number of benzene rings is 3. The molecule has 1 aliphatic heterocycles. The van der Waals surface area contributed by atoms with E-state index in [4.69, 9.17) is 9.47 Å². The Morgan fingerprint density at radius 1 is 1.09 bits per heavy atom. The van der Waals surface area contributed by atoms with Crippen molar-refractivity contribution in [1.82, 2.24) is 9.55 Å². The summed E-state index contributed by atoms with van der Waals surface area (Å²) in [6.45, 7) is 0.895. The van der Waals surface area contributed by atoms with Gasteiger partial charge in [0.15, 0.2) is 0 Å². The van der Waals surface area contributed by atoms with Crippen LogP contribution in [0.2, 0.25) is 0 Å². The summed E-state index contributed by atoms with van der Waals surface area (Å²) < 4.78 is 12.8. The minimum Gasteiger partial charge on any atom is -0.488 e. The maximum atomic E-state index is 11.8. The van der Waals surface area contributed by atoms with Gasteiger partial charge >= 0.3 is 11.9 Å². The predicted octanol–water partition coefficient (Wildman–Crippen LogP) is 4.55. The van der Waals surface area contributed by atoms with Gasteiger partial charge in [-0.2, -0.15) is 0 Å². The quantitative estimate of drug-likeness (QED) is 0.469. The van der Waals surface area contributed by atoms with Crippen LogP contribution in [0.1, 0.15) is 37.4 Å². The molecule has 0 atom stereocenters. The van der Waals surface area contributed by atoms with Crippen molar-refractivity contribution >= 4 is 28.5 Å². The summed E-state index contributed by atoms with van der Waals surface area (Å²) >= 11 is 0. The zero-order valence-corrected chi connectivity index (χ0v) is 17.8. The Balaban J connectivity index is 1.60. The van der Waals surface area contributed by atoms with E-state index in [0.29, 0.717) is 30.0 Å². The fourth-order valence-corrected chi connectivity index (χ4v) is 4.07. The van der Waals surface area contributed by atoms with Gasteiger partial charge in [0.05, 0.1) is 35.6 Å². The number of aromatic carboxylic acids is 1. The zero-order chi connectivity index (χ0) is 22.9. The molecule has 0 fully saturated rings. The van der Waals surface area contributed by atoms with E-state index in [1.54, 1.807) is 36.7 Å². The Morgan fingerprint density at radius 3 is 2.73 bits per heavy atom. The van der Waals surface area contributed by atoms with Gasteiger partial charge in [-0.15, -0.1) is 0 Å².